The fraction of sp³-hybridized carbons (Fsp3) is 0.800. The van der Waals surface area contributed by atoms with Crippen molar-refractivity contribution >= 4 is 12.4 Å². The number of rotatable bonds is 4. The van der Waals surface area contributed by atoms with Gasteiger partial charge < -0.3 is 24.1 Å². The molecule has 3 saturated heterocycles. The van der Waals surface area contributed by atoms with Crippen LogP contribution in [0.1, 0.15) is 40.0 Å². The third-order valence-electron chi connectivity index (χ3n) is 8.54. The summed E-state index contributed by atoms with van der Waals surface area (Å²) < 4.78 is 23.6. The van der Waals surface area contributed by atoms with E-state index in [2.05, 4.69) is 6.58 Å². The predicted molar refractivity (Wildman–Crippen MR) is 91.2 cm³/mol. The van der Waals surface area contributed by atoms with Crippen LogP contribution in [0.5, 0.6) is 0 Å². The van der Waals surface area contributed by atoms with E-state index >= 15 is 0 Å². The summed E-state index contributed by atoms with van der Waals surface area (Å²) >= 11 is 0. The molecule has 148 valence electrons. The van der Waals surface area contributed by atoms with Gasteiger partial charge in [0.1, 0.15) is 11.7 Å². The fourth-order valence-corrected chi connectivity index (χ4v) is 7.69. The molecule has 5 aliphatic rings. The Hall–Kier alpha value is -1.44. The van der Waals surface area contributed by atoms with Crippen LogP contribution in [0.15, 0.2) is 12.2 Å². The predicted octanol–water partition coefficient (Wildman–Crippen LogP) is 1.33. The average Bonchev–Trinajstić information content (AvgIpc) is 3.28. The maximum atomic E-state index is 13.3. The van der Waals surface area contributed by atoms with Gasteiger partial charge in [-0.15, -0.1) is 0 Å². The van der Waals surface area contributed by atoms with Crippen molar-refractivity contribution in [3.05, 3.63) is 12.2 Å². The summed E-state index contributed by atoms with van der Waals surface area (Å²) in [6, 6.07) is 0. The first-order valence-corrected chi connectivity index (χ1v) is 9.75. The Labute approximate surface area is 158 Å². The van der Waals surface area contributed by atoms with Crippen molar-refractivity contribution in [1.82, 2.24) is 0 Å². The summed E-state index contributed by atoms with van der Waals surface area (Å²) in [7, 11) is 0. The van der Waals surface area contributed by atoms with Crippen molar-refractivity contribution in [2.45, 2.75) is 69.7 Å². The second-order valence-electron chi connectivity index (χ2n) is 9.01. The molecule has 0 radical (unpaired) electrons. The molecular weight excluding hydrogens is 352 g/mol. The molecule has 3 heterocycles. The molecule has 1 N–H and O–H groups in total. The standard InChI is InChI=1S/C20H26O7/c1-5-17-12(10(2)3)6-13-18(17)7-14-19(23,11(4)8-24-14)20(18,15(22)26-13)27-16(17)25-9-21/h9,11-14,16,23H,2,5-8H2,1,3-4H3/t11-,12+,13?,14?,16?,17?,18?,19-,20?/m1/s1. The largest absolute Gasteiger partial charge is 0.459 e. The lowest BCUT2D eigenvalue weighted by Crippen LogP contribution is -2.64. The van der Waals surface area contributed by atoms with E-state index in [-0.39, 0.29) is 11.8 Å². The van der Waals surface area contributed by atoms with Gasteiger partial charge in [-0.25, -0.2) is 4.79 Å². The van der Waals surface area contributed by atoms with E-state index in [0.717, 1.165) is 5.57 Å². The molecule has 7 heteroatoms. The van der Waals surface area contributed by atoms with Gasteiger partial charge in [-0.1, -0.05) is 26.0 Å². The number of carbonyl (C=O) groups is 2. The van der Waals surface area contributed by atoms with Crippen LogP contribution in [-0.4, -0.2) is 53.9 Å². The lowest BCUT2D eigenvalue weighted by Gasteiger charge is -2.44. The molecule has 1 spiro atoms. The Morgan fingerprint density at radius 2 is 2.19 bits per heavy atom. The quantitative estimate of drug-likeness (QED) is 0.448. The highest BCUT2D eigenvalue weighted by Crippen LogP contribution is 2.82. The zero-order valence-corrected chi connectivity index (χ0v) is 15.9. The van der Waals surface area contributed by atoms with Crippen molar-refractivity contribution in [3.8, 4) is 0 Å². The molecular formula is C20H26O7. The van der Waals surface area contributed by atoms with Crippen LogP contribution < -0.4 is 0 Å². The molecule has 5 rings (SSSR count). The van der Waals surface area contributed by atoms with Gasteiger partial charge in [-0.05, 0) is 32.1 Å². The Morgan fingerprint density at radius 3 is 2.81 bits per heavy atom. The smallest absolute Gasteiger partial charge is 0.342 e. The summed E-state index contributed by atoms with van der Waals surface area (Å²) in [4.78, 5) is 24.6. The molecule has 7 nitrogen and oxygen atoms in total. The maximum absolute atomic E-state index is 13.3. The number of carbonyl (C=O) groups excluding carboxylic acids is 2. The number of fused-ring (bicyclic) bond motifs is 1. The van der Waals surface area contributed by atoms with Crippen LogP contribution >= 0.6 is 0 Å². The summed E-state index contributed by atoms with van der Waals surface area (Å²) in [6.45, 7) is 10.7. The zero-order valence-electron chi connectivity index (χ0n) is 15.9. The molecule has 0 amide bonds. The van der Waals surface area contributed by atoms with Crippen molar-refractivity contribution in [1.29, 1.82) is 0 Å². The minimum Gasteiger partial charge on any atom is -0.459 e. The molecule has 3 aliphatic heterocycles. The molecule has 2 aliphatic carbocycles. The monoisotopic (exact) mass is 378 g/mol. The van der Waals surface area contributed by atoms with Crippen molar-refractivity contribution in [2.24, 2.45) is 22.7 Å². The first kappa shape index (κ1) is 17.6. The van der Waals surface area contributed by atoms with Crippen molar-refractivity contribution < 1.29 is 33.6 Å². The Bertz CT molecular complexity index is 751. The Kier molecular flexibility index (Phi) is 3.22. The normalized spacial score (nSPS) is 57.2. The Balaban J connectivity index is 1.82. The van der Waals surface area contributed by atoms with Crippen LogP contribution in [0.3, 0.4) is 0 Å². The molecule has 27 heavy (non-hydrogen) atoms. The SMILES string of the molecule is C=C(C)[C@@H]1CC2OC(=O)C34OC(OC=O)C1(CC)C23CC1OC[C@@H](C)[C@@]14O. The zero-order chi connectivity index (χ0) is 19.4. The van der Waals surface area contributed by atoms with Crippen molar-refractivity contribution in [2.75, 3.05) is 6.61 Å². The lowest BCUT2D eigenvalue weighted by atomic mass is 9.54. The molecule has 0 bridgehead atoms. The van der Waals surface area contributed by atoms with Gasteiger partial charge in [0.15, 0.2) is 0 Å². The summed E-state index contributed by atoms with van der Waals surface area (Å²) in [6.07, 6.45) is -0.213. The minimum absolute atomic E-state index is 0.0508. The molecule has 6 unspecified atom stereocenters. The molecule has 5 fully saturated rings. The van der Waals surface area contributed by atoms with Gasteiger partial charge in [0.05, 0.1) is 23.5 Å². The van der Waals surface area contributed by atoms with E-state index in [1.54, 1.807) is 0 Å². The van der Waals surface area contributed by atoms with Crippen molar-refractivity contribution in [3.63, 3.8) is 0 Å². The third-order valence-corrected chi connectivity index (χ3v) is 8.54. The van der Waals surface area contributed by atoms with E-state index in [0.29, 0.717) is 32.3 Å². The first-order valence-electron chi connectivity index (χ1n) is 9.75. The fourth-order valence-electron chi connectivity index (χ4n) is 7.69. The highest BCUT2D eigenvalue weighted by Gasteiger charge is 2.97. The number of hydrogen-bond donors (Lipinski definition) is 1. The third kappa shape index (κ3) is 1.40. The highest BCUT2D eigenvalue weighted by atomic mass is 16.7. The molecule has 9 atom stereocenters. The van der Waals surface area contributed by atoms with E-state index in [9.17, 15) is 14.7 Å². The number of esters is 1. The van der Waals surface area contributed by atoms with E-state index in [1.807, 2.05) is 20.8 Å². The first-order chi connectivity index (χ1) is 12.8. The highest BCUT2D eigenvalue weighted by molar-refractivity contribution is 5.88. The summed E-state index contributed by atoms with van der Waals surface area (Å²) in [5.74, 6) is -0.906. The van der Waals surface area contributed by atoms with Gasteiger partial charge in [0, 0.05) is 5.92 Å². The van der Waals surface area contributed by atoms with Crippen LogP contribution in [0.2, 0.25) is 0 Å². The van der Waals surface area contributed by atoms with Crippen LogP contribution in [0.25, 0.3) is 0 Å². The minimum atomic E-state index is -1.58. The molecule has 0 aromatic carbocycles. The van der Waals surface area contributed by atoms with Gasteiger partial charge in [-0.2, -0.15) is 0 Å². The van der Waals surface area contributed by atoms with E-state index < -0.39 is 46.5 Å². The number of allylic oxidation sites excluding steroid dienone is 1. The summed E-state index contributed by atoms with van der Waals surface area (Å²) in [5, 5.41) is 11.9. The van der Waals surface area contributed by atoms with E-state index in [1.165, 1.54) is 0 Å². The average molecular weight is 378 g/mol. The topological polar surface area (TPSA) is 91.3 Å². The molecule has 0 aromatic rings. The van der Waals surface area contributed by atoms with Gasteiger partial charge in [0.2, 0.25) is 11.9 Å². The number of ether oxygens (including phenoxy) is 4. The van der Waals surface area contributed by atoms with Gasteiger partial charge in [-0.3, -0.25) is 4.79 Å². The van der Waals surface area contributed by atoms with Gasteiger partial charge in [0.25, 0.3) is 6.47 Å². The second-order valence-corrected chi connectivity index (χ2v) is 9.01. The lowest BCUT2D eigenvalue weighted by molar-refractivity contribution is -0.243. The number of hydrogen-bond acceptors (Lipinski definition) is 7. The van der Waals surface area contributed by atoms with Crippen LogP contribution in [-0.2, 0) is 28.5 Å². The van der Waals surface area contributed by atoms with Crippen LogP contribution in [0.4, 0.5) is 0 Å². The maximum Gasteiger partial charge on any atom is 0.342 e. The van der Waals surface area contributed by atoms with Crippen LogP contribution in [0, 0.1) is 22.7 Å². The summed E-state index contributed by atoms with van der Waals surface area (Å²) in [5.41, 5.74) is -3.66. The molecule has 0 aromatic heterocycles. The number of aliphatic hydroxyl groups is 1. The van der Waals surface area contributed by atoms with E-state index in [4.69, 9.17) is 18.9 Å². The van der Waals surface area contributed by atoms with Gasteiger partial charge >= 0.3 is 5.97 Å². The molecule has 2 saturated carbocycles. The Morgan fingerprint density at radius 1 is 1.44 bits per heavy atom. The second kappa shape index (κ2) is 4.93.